The summed E-state index contributed by atoms with van der Waals surface area (Å²) < 4.78 is 35.0. The highest BCUT2D eigenvalue weighted by Crippen LogP contribution is 2.70. The fourth-order valence-electron chi connectivity index (χ4n) is 10.3. The Labute approximate surface area is 229 Å². The van der Waals surface area contributed by atoms with Crippen LogP contribution in [0.3, 0.4) is 0 Å². The fraction of sp³-hybridized carbons (Fsp3) is 1.00. The first-order valence-electron chi connectivity index (χ1n) is 15.3. The van der Waals surface area contributed by atoms with E-state index >= 15 is 0 Å². The number of aliphatic hydroxyl groups excluding tert-OH is 1. The lowest BCUT2D eigenvalue weighted by Gasteiger charge is -2.66. The van der Waals surface area contributed by atoms with Crippen molar-refractivity contribution in [2.45, 2.75) is 124 Å². The van der Waals surface area contributed by atoms with Crippen LogP contribution in [0.2, 0.25) is 19.6 Å². The van der Waals surface area contributed by atoms with Crippen LogP contribution < -0.4 is 0 Å². The molecule has 216 valence electrons. The predicted molar refractivity (Wildman–Crippen MR) is 153 cm³/mol. The van der Waals surface area contributed by atoms with Crippen LogP contribution in [-0.4, -0.2) is 46.9 Å². The van der Waals surface area contributed by atoms with Gasteiger partial charge in [-0.2, -0.15) is 8.42 Å². The van der Waals surface area contributed by atoms with E-state index in [0.717, 1.165) is 38.4 Å². The number of aliphatic hydroxyl groups is 1. The molecule has 0 bridgehead atoms. The lowest BCUT2D eigenvalue weighted by atomic mass is 9.41. The molecule has 0 aromatic carbocycles. The molecular weight excluding hydrogens is 500 g/mol. The molecule has 0 aliphatic heterocycles. The molecule has 0 heterocycles. The number of hydrogen-bond acceptors (Lipinski definition) is 5. The minimum absolute atomic E-state index is 0.145. The first kappa shape index (κ1) is 30.0. The molecule has 4 fully saturated rings. The molecule has 4 rings (SSSR count). The van der Waals surface area contributed by atoms with Crippen molar-refractivity contribution >= 4 is 18.4 Å². The van der Waals surface area contributed by atoms with Crippen molar-refractivity contribution in [1.82, 2.24) is 0 Å². The molecule has 1 N–H and O–H groups in total. The van der Waals surface area contributed by atoms with Crippen LogP contribution in [-0.2, 0) is 18.7 Å². The van der Waals surface area contributed by atoms with Gasteiger partial charge in [0.05, 0.1) is 25.1 Å². The minimum Gasteiger partial charge on any atom is -0.414 e. The van der Waals surface area contributed by atoms with Crippen LogP contribution >= 0.6 is 0 Å². The van der Waals surface area contributed by atoms with E-state index in [2.05, 4.69) is 47.3 Å². The second-order valence-corrected chi connectivity index (χ2v) is 21.1. The Morgan fingerprint density at radius 2 is 1.65 bits per heavy atom. The molecule has 0 aromatic heterocycles. The molecule has 0 aromatic rings. The average Bonchev–Trinajstić information content (AvgIpc) is 3.13. The summed E-state index contributed by atoms with van der Waals surface area (Å²) in [7, 11) is -5.11. The van der Waals surface area contributed by atoms with Gasteiger partial charge < -0.3 is 9.53 Å². The summed E-state index contributed by atoms with van der Waals surface area (Å²) >= 11 is 0. The maximum Gasteiger partial charge on any atom is 0.264 e. The quantitative estimate of drug-likeness (QED) is 0.191. The van der Waals surface area contributed by atoms with Gasteiger partial charge >= 0.3 is 0 Å². The topological polar surface area (TPSA) is 72.8 Å². The summed E-state index contributed by atoms with van der Waals surface area (Å²) in [4.78, 5) is 0. The van der Waals surface area contributed by atoms with E-state index in [-0.39, 0.29) is 6.10 Å². The van der Waals surface area contributed by atoms with Crippen LogP contribution in [0.1, 0.15) is 91.9 Å². The molecule has 7 heteroatoms. The van der Waals surface area contributed by atoms with Gasteiger partial charge in [0.2, 0.25) is 0 Å². The smallest absolute Gasteiger partial charge is 0.264 e. The van der Waals surface area contributed by atoms with Crippen LogP contribution in [0.15, 0.2) is 0 Å². The third-order valence-electron chi connectivity index (χ3n) is 11.7. The van der Waals surface area contributed by atoms with E-state index in [1.54, 1.807) is 0 Å². The molecule has 0 radical (unpaired) electrons. The van der Waals surface area contributed by atoms with Crippen LogP contribution in [0.5, 0.6) is 0 Å². The monoisotopic (exact) mass is 556 g/mol. The Morgan fingerprint density at radius 1 is 1.00 bits per heavy atom. The second-order valence-electron chi connectivity index (χ2n) is 15.0. The van der Waals surface area contributed by atoms with Crippen LogP contribution in [0.4, 0.5) is 0 Å². The molecule has 0 spiro atoms. The van der Waals surface area contributed by atoms with Crippen LogP contribution in [0.25, 0.3) is 0 Å². The Balaban J connectivity index is 1.60. The SMILES string of the molecule is CC[C@@H]1C2C[C@H](O)CC[C@]2(C)[C@H]2CCC3(C)[C@@H]([C@H](C)CCCOS(C)(=O)=O)CC[C@H]3[C@@H]2[C@@H]1O[Si](C)(C)C. The Morgan fingerprint density at radius 3 is 2.27 bits per heavy atom. The van der Waals surface area contributed by atoms with Gasteiger partial charge in [0.15, 0.2) is 8.32 Å². The summed E-state index contributed by atoms with van der Waals surface area (Å²) in [5.41, 5.74) is 0.646. The van der Waals surface area contributed by atoms with E-state index in [4.69, 9.17) is 8.61 Å². The van der Waals surface area contributed by atoms with Gasteiger partial charge in [-0.1, -0.05) is 34.1 Å². The van der Waals surface area contributed by atoms with Gasteiger partial charge in [0.1, 0.15) is 0 Å². The van der Waals surface area contributed by atoms with Gasteiger partial charge in [0, 0.05) is 0 Å². The molecule has 4 aliphatic rings. The molecule has 11 atom stereocenters. The largest absolute Gasteiger partial charge is 0.414 e. The second kappa shape index (κ2) is 10.8. The minimum atomic E-state index is -3.36. The highest BCUT2D eigenvalue weighted by atomic mass is 32.2. The predicted octanol–water partition coefficient (Wildman–Crippen LogP) is 6.86. The van der Waals surface area contributed by atoms with Crippen molar-refractivity contribution in [2.75, 3.05) is 12.9 Å². The van der Waals surface area contributed by atoms with Crippen molar-refractivity contribution in [3.8, 4) is 0 Å². The highest BCUT2D eigenvalue weighted by Gasteiger charge is 2.65. The summed E-state index contributed by atoms with van der Waals surface area (Å²) in [6, 6.07) is 0. The standard InChI is InChI=1S/C30H56O5SSi/c1-9-22-26-19-21(31)14-16-30(26,4)25-15-17-29(3)23(20(2)11-10-18-34-36(5,32)33)12-13-24(29)27(25)28(22)35-37(6,7)8/h20-28,31H,9-19H2,1-8H3/t20-,21-,22-,23-,24+,25+,26?,27+,28-,29?,30-/m1/s1. The van der Waals surface area contributed by atoms with Crippen molar-refractivity contribution in [1.29, 1.82) is 0 Å². The number of rotatable bonds is 9. The maximum absolute atomic E-state index is 11.4. The molecule has 2 unspecified atom stereocenters. The van der Waals surface area contributed by atoms with Gasteiger partial charge in [0.25, 0.3) is 10.1 Å². The number of hydrogen-bond donors (Lipinski definition) is 1. The third-order valence-corrected chi connectivity index (χ3v) is 13.3. The maximum atomic E-state index is 11.4. The lowest BCUT2D eigenvalue weighted by molar-refractivity contribution is -0.198. The van der Waals surface area contributed by atoms with Crippen molar-refractivity contribution in [3.05, 3.63) is 0 Å². The molecular formula is C30H56O5SSi. The number of fused-ring (bicyclic) bond motifs is 5. The van der Waals surface area contributed by atoms with Crippen molar-refractivity contribution in [3.63, 3.8) is 0 Å². The summed E-state index contributed by atoms with van der Waals surface area (Å²) in [5, 5.41) is 10.7. The highest BCUT2D eigenvalue weighted by molar-refractivity contribution is 7.85. The van der Waals surface area contributed by atoms with Gasteiger partial charge in [-0.3, -0.25) is 4.18 Å². The van der Waals surface area contributed by atoms with Crippen molar-refractivity contribution < 1.29 is 22.1 Å². The van der Waals surface area contributed by atoms with E-state index in [0.29, 0.717) is 65.0 Å². The van der Waals surface area contributed by atoms with E-state index in [9.17, 15) is 13.5 Å². The first-order chi connectivity index (χ1) is 17.1. The van der Waals surface area contributed by atoms with Gasteiger partial charge in [-0.15, -0.1) is 0 Å². The van der Waals surface area contributed by atoms with E-state index in [1.165, 1.54) is 32.1 Å². The Bertz CT molecular complexity index is 902. The Kier molecular flexibility index (Phi) is 8.76. The lowest BCUT2D eigenvalue weighted by Crippen LogP contribution is -2.63. The molecule has 37 heavy (non-hydrogen) atoms. The summed E-state index contributed by atoms with van der Waals surface area (Å²) in [5.74, 6) is 4.39. The zero-order chi connectivity index (χ0) is 27.4. The van der Waals surface area contributed by atoms with E-state index < -0.39 is 18.4 Å². The molecule has 5 nitrogen and oxygen atoms in total. The Hall–Kier alpha value is 0.0469. The van der Waals surface area contributed by atoms with Crippen molar-refractivity contribution in [2.24, 2.45) is 52.3 Å². The van der Waals surface area contributed by atoms with Gasteiger partial charge in [-0.25, -0.2) is 0 Å². The zero-order valence-electron chi connectivity index (χ0n) is 25.0. The summed E-state index contributed by atoms with van der Waals surface area (Å²) in [6.07, 6.45) is 12.6. The first-order valence-corrected chi connectivity index (χ1v) is 20.5. The average molecular weight is 557 g/mol. The molecule has 4 aliphatic carbocycles. The third kappa shape index (κ3) is 5.92. The van der Waals surface area contributed by atoms with Gasteiger partial charge in [-0.05, 0) is 130 Å². The molecule has 4 saturated carbocycles. The molecule has 0 amide bonds. The normalized spacial score (nSPS) is 45.1. The van der Waals surface area contributed by atoms with E-state index in [1.807, 2.05) is 0 Å². The zero-order valence-corrected chi connectivity index (χ0v) is 26.8. The fourth-order valence-corrected chi connectivity index (χ4v) is 11.9. The van der Waals surface area contributed by atoms with Crippen LogP contribution in [0, 0.1) is 52.3 Å². The molecule has 0 saturated heterocycles. The summed E-state index contributed by atoms with van der Waals surface area (Å²) in [6.45, 7) is 17.3.